The zero-order chi connectivity index (χ0) is 8.82. The Labute approximate surface area is 71.7 Å². The van der Waals surface area contributed by atoms with Crippen molar-refractivity contribution in [3.63, 3.8) is 0 Å². The molecule has 68 valence electrons. The number of ether oxygens (including phenoxy) is 1. The zero-order valence-corrected chi connectivity index (χ0v) is 7.30. The van der Waals surface area contributed by atoms with Crippen molar-refractivity contribution >= 4 is 5.97 Å². The molecule has 0 aromatic heterocycles. The average molecular weight is 170 g/mol. The van der Waals surface area contributed by atoms with E-state index in [-0.39, 0.29) is 5.60 Å². The lowest BCUT2D eigenvalue weighted by Crippen LogP contribution is -2.31. The maximum Gasteiger partial charge on any atom is 0.339 e. The highest BCUT2D eigenvalue weighted by Crippen LogP contribution is 2.56. The van der Waals surface area contributed by atoms with Crippen LogP contribution in [0.5, 0.6) is 0 Å². The molecule has 3 heteroatoms. The molecule has 0 amide bonds. The van der Waals surface area contributed by atoms with E-state index >= 15 is 0 Å². The van der Waals surface area contributed by atoms with Crippen LogP contribution in [-0.2, 0) is 9.53 Å². The van der Waals surface area contributed by atoms with Gasteiger partial charge in [0.25, 0.3) is 0 Å². The Morgan fingerprint density at radius 3 is 2.67 bits per heavy atom. The van der Waals surface area contributed by atoms with Gasteiger partial charge in [-0.2, -0.15) is 0 Å². The molecule has 2 atom stereocenters. The molecule has 1 aliphatic heterocycles. The van der Waals surface area contributed by atoms with Gasteiger partial charge in [0.15, 0.2) is 5.60 Å². The number of epoxide rings is 1. The van der Waals surface area contributed by atoms with Gasteiger partial charge in [0.1, 0.15) is 5.60 Å². The quantitative estimate of drug-likeness (QED) is 0.607. The van der Waals surface area contributed by atoms with Crippen molar-refractivity contribution in [1.82, 2.24) is 0 Å². The van der Waals surface area contributed by atoms with E-state index in [1.807, 2.05) is 6.92 Å². The van der Waals surface area contributed by atoms with Crippen LogP contribution in [0.1, 0.15) is 39.0 Å². The van der Waals surface area contributed by atoms with Crippen molar-refractivity contribution in [3.8, 4) is 0 Å². The SMILES string of the molecule is CC12CCCCCC1(C(=O)O)O2. The van der Waals surface area contributed by atoms with E-state index in [4.69, 9.17) is 9.84 Å². The molecule has 0 radical (unpaired) electrons. The van der Waals surface area contributed by atoms with Gasteiger partial charge in [-0.3, -0.25) is 0 Å². The largest absolute Gasteiger partial charge is 0.479 e. The second-order valence-electron chi connectivity index (χ2n) is 4.03. The van der Waals surface area contributed by atoms with Gasteiger partial charge in [-0.1, -0.05) is 12.8 Å². The molecule has 0 bridgehead atoms. The number of aliphatic carboxylic acids is 1. The highest BCUT2D eigenvalue weighted by atomic mass is 16.6. The van der Waals surface area contributed by atoms with Crippen molar-refractivity contribution in [2.24, 2.45) is 0 Å². The van der Waals surface area contributed by atoms with Gasteiger partial charge in [-0.05, 0) is 26.2 Å². The summed E-state index contributed by atoms with van der Waals surface area (Å²) in [7, 11) is 0. The van der Waals surface area contributed by atoms with Crippen LogP contribution in [-0.4, -0.2) is 22.3 Å². The lowest BCUT2D eigenvalue weighted by atomic mass is 9.90. The van der Waals surface area contributed by atoms with Gasteiger partial charge >= 0.3 is 5.97 Å². The summed E-state index contributed by atoms with van der Waals surface area (Å²) < 4.78 is 5.39. The van der Waals surface area contributed by atoms with Gasteiger partial charge < -0.3 is 9.84 Å². The Balaban J connectivity index is 2.21. The summed E-state index contributed by atoms with van der Waals surface area (Å²) in [6.45, 7) is 1.92. The number of rotatable bonds is 1. The van der Waals surface area contributed by atoms with E-state index in [0.717, 1.165) is 25.7 Å². The maximum atomic E-state index is 11.0. The van der Waals surface area contributed by atoms with E-state index in [1.165, 1.54) is 0 Å². The van der Waals surface area contributed by atoms with E-state index in [0.29, 0.717) is 6.42 Å². The summed E-state index contributed by atoms with van der Waals surface area (Å²) in [5, 5.41) is 9.00. The molecule has 2 aliphatic rings. The fourth-order valence-corrected chi connectivity index (χ4v) is 2.32. The summed E-state index contributed by atoms with van der Waals surface area (Å²) in [5.41, 5.74) is -1.17. The number of carboxylic acid groups (broad SMARTS) is 1. The Kier molecular flexibility index (Phi) is 1.49. The number of hydrogen-bond acceptors (Lipinski definition) is 2. The van der Waals surface area contributed by atoms with Crippen molar-refractivity contribution in [3.05, 3.63) is 0 Å². The van der Waals surface area contributed by atoms with Crippen LogP contribution in [0.2, 0.25) is 0 Å². The first kappa shape index (κ1) is 8.05. The van der Waals surface area contributed by atoms with E-state index in [1.54, 1.807) is 0 Å². The Morgan fingerprint density at radius 2 is 2.00 bits per heavy atom. The van der Waals surface area contributed by atoms with Gasteiger partial charge in [0, 0.05) is 0 Å². The second kappa shape index (κ2) is 2.22. The van der Waals surface area contributed by atoms with Gasteiger partial charge in [0.05, 0.1) is 0 Å². The van der Waals surface area contributed by atoms with Crippen molar-refractivity contribution < 1.29 is 14.6 Å². The van der Waals surface area contributed by atoms with Crippen LogP contribution in [0.3, 0.4) is 0 Å². The summed E-state index contributed by atoms with van der Waals surface area (Å²) in [6.07, 6.45) is 4.83. The summed E-state index contributed by atoms with van der Waals surface area (Å²) in [6, 6.07) is 0. The predicted octanol–water partition coefficient (Wildman–Crippen LogP) is 1.56. The molecule has 1 saturated heterocycles. The summed E-state index contributed by atoms with van der Waals surface area (Å²) >= 11 is 0. The third-order valence-electron chi connectivity index (χ3n) is 3.24. The third-order valence-corrected chi connectivity index (χ3v) is 3.24. The molecular weight excluding hydrogens is 156 g/mol. The molecule has 2 unspecified atom stereocenters. The van der Waals surface area contributed by atoms with E-state index in [2.05, 4.69) is 0 Å². The minimum Gasteiger partial charge on any atom is -0.479 e. The van der Waals surface area contributed by atoms with Crippen LogP contribution < -0.4 is 0 Å². The van der Waals surface area contributed by atoms with Crippen LogP contribution in [0.25, 0.3) is 0 Å². The number of hydrogen-bond donors (Lipinski definition) is 1. The zero-order valence-electron chi connectivity index (χ0n) is 7.30. The highest BCUT2D eigenvalue weighted by Gasteiger charge is 2.71. The molecular formula is C9H14O3. The molecule has 2 rings (SSSR count). The standard InChI is InChI=1S/C9H14O3/c1-8-5-3-2-4-6-9(8,12-8)7(10)11/h2-6H2,1H3,(H,10,11). The molecule has 1 aliphatic carbocycles. The van der Waals surface area contributed by atoms with Crippen molar-refractivity contribution in [2.75, 3.05) is 0 Å². The molecule has 3 nitrogen and oxygen atoms in total. The van der Waals surface area contributed by atoms with Crippen LogP contribution in [0, 0.1) is 0 Å². The van der Waals surface area contributed by atoms with Gasteiger partial charge in [0.2, 0.25) is 0 Å². The molecule has 12 heavy (non-hydrogen) atoms. The van der Waals surface area contributed by atoms with Crippen LogP contribution in [0.15, 0.2) is 0 Å². The van der Waals surface area contributed by atoms with Crippen molar-refractivity contribution in [1.29, 1.82) is 0 Å². The molecule has 1 heterocycles. The second-order valence-corrected chi connectivity index (χ2v) is 4.03. The van der Waals surface area contributed by atoms with Gasteiger partial charge in [-0.25, -0.2) is 4.79 Å². The minimum absolute atomic E-state index is 0.352. The van der Waals surface area contributed by atoms with Gasteiger partial charge in [-0.15, -0.1) is 0 Å². The lowest BCUT2D eigenvalue weighted by Gasteiger charge is -2.07. The first-order valence-corrected chi connectivity index (χ1v) is 4.54. The number of carbonyl (C=O) groups is 1. The smallest absolute Gasteiger partial charge is 0.339 e. The van der Waals surface area contributed by atoms with E-state index < -0.39 is 11.6 Å². The Morgan fingerprint density at radius 1 is 1.33 bits per heavy atom. The average Bonchev–Trinajstić information content (AvgIpc) is 2.57. The fourth-order valence-electron chi connectivity index (χ4n) is 2.32. The molecule has 0 spiro atoms. The molecule has 1 saturated carbocycles. The topological polar surface area (TPSA) is 49.8 Å². The van der Waals surface area contributed by atoms with Crippen molar-refractivity contribution in [2.45, 2.75) is 50.2 Å². The van der Waals surface area contributed by atoms with E-state index in [9.17, 15) is 4.79 Å². The molecule has 0 aromatic rings. The number of fused-ring (bicyclic) bond motifs is 1. The first-order valence-electron chi connectivity index (χ1n) is 4.54. The maximum absolute atomic E-state index is 11.0. The number of carboxylic acids is 1. The third kappa shape index (κ3) is 0.829. The first-order chi connectivity index (χ1) is 5.61. The van der Waals surface area contributed by atoms with Crippen LogP contribution >= 0.6 is 0 Å². The normalized spacial score (nSPS) is 46.1. The monoisotopic (exact) mass is 170 g/mol. The van der Waals surface area contributed by atoms with Crippen LogP contribution in [0.4, 0.5) is 0 Å². The fraction of sp³-hybridized carbons (Fsp3) is 0.889. The lowest BCUT2D eigenvalue weighted by molar-refractivity contribution is -0.143. The summed E-state index contributed by atoms with van der Waals surface area (Å²) in [4.78, 5) is 11.0. The molecule has 2 fully saturated rings. The predicted molar refractivity (Wildman–Crippen MR) is 42.9 cm³/mol. The molecule has 0 aromatic carbocycles. The minimum atomic E-state index is -0.816. The Hall–Kier alpha value is -0.570. The Bertz CT molecular complexity index is 226. The molecule has 1 N–H and O–H groups in total. The summed E-state index contributed by atoms with van der Waals surface area (Å²) in [5.74, 6) is -0.771. The highest BCUT2D eigenvalue weighted by molar-refractivity contribution is 5.83.